The maximum absolute atomic E-state index is 11.6. The third-order valence-corrected chi connectivity index (χ3v) is 6.09. The van der Waals surface area contributed by atoms with Crippen LogP contribution < -0.4 is 0 Å². The third kappa shape index (κ3) is 4.04. The molecule has 1 heterocycles. The van der Waals surface area contributed by atoms with Gasteiger partial charge in [-0.1, -0.05) is 41.1 Å². The molecule has 0 bridgehead atoms. The molecule has 1 atom stereocenters. The molecule has 1 aliphatic rings. The lowest BCUT2D eigenvalue weighted by Crippen LogP contribution is -2.36. The van der Waals surface area contributed by atoms with Crippen molar-refractivity contribution >= 4 is 25.8 Å². The molecule has 1 aliphatic heterocycles. The van der Waals surface area contributed by atoms with Crippen LogP contribution in [0.2, 0.25) is 0 Å². The summed E-state index contributed by atoms with van der Waals surface area (Å²) in [6, 6.07) is 8.33. The molecular weight excluding hydrogens is 326 g/mol. The topological polar surface area (TPSA) is 37.4 Å². The van der Waals surface area contributed by atoms with E-state index in [4.69, 9.17) is 0 Å². The molecular formula is C14H20BrNO2S. The summed E-state index contributed by atoms with van der Waals surface area (Å²) in [6.07, 6.45) is 1.81. The molecule has 0 spiro atoms. The second-order valence-electron chi connectivity index (χ2n) is 5.12. The minimum atomic E-state index is -2.81. The van der Waals surface area contributed by atoms with Crippen molar-refractivity contribution in [2.45, 2.75) is 32.4 Å². The summed E-state index contributed by atoms with van der Waals surface area (Å²) in [5.74, 6) is 0.658. The van der Waals surface area contributed by atoms with E-state index in [9.17, 15) is 8.42 Å². The van der Waals surface area contributed by atoms with E-state index in [0.717, 1.165) is 30.4 Å². The summed E-state index contributed by atoms with van der Waals surface area (Å²) < 4.78 is 24.4. The standard InChI is InChI=1S/C14H20BrNO2S/c1-2-8-16(13-7-9-19(17,18)11-13)10-12-5-3-4-6-14(12)15/h3-6,13H,2,7-11H2,1H3. The van der Waals surface area contributed by atoms with Crippen LogP contribution in [0, 0.1) is 0 Å². The fourth-order valence-corrected chi connectivity index (χ4v) is 4.76. The van der Waals surface area contributed by atoms with Crippen molar-refractivity contribution in [2.75, 3.05) is 18.1 Å². The third-order valence-electron chi connectivity index (χ3n) is 3.57. The number of hydrogen-bond donors (Lipinski definition) is 0. The fraction of sp³-hybridized carbons (Fsp3) is 0.571. The molecule has 0 saturated carbocycles. The van der Waals surface area contributed by atoms with Crippen molar-refractivity contribution in [3.8, 4) is 0 Å². The predicted octanol–water partition coefficient (Wildman–Crippen LogP) is 2.85. The highest BCUT2D eigenvalue weighted by Crippen LogP contribution is 2.23. The highest BCUT2D eigenvalue weighted by molar-refractivity contribution is 9.10. The monoisotopic (exact) mass is 345 g/mol. The zero-order valence-corrected chi connectivity index (χ0v) is 13.6. The predicted molar refractivity (Wildman–Crippen MR) is 81.9 cm³/mol. The van der Waals surface area contributed by atoms with E-state index in [1.165, 1.54) is 5.56 Å². The van der Waals surface area contributed by atoms with E-state index in [1.807, 2.05) is 18.2 Å². The van der Waals surface area contributed by atoms with Crippen molar-refractivity contribution in [1.29, 1.82) is 0 Å². The molecule has 1 aromatic carbocycles. The second-order valence-corrected chi connectivity index (χ2v) is 8.20. The highest BCUT2D eigenvalue weighted by Gasteiger charge is 2.31. The minimum Gasteiger partial charge on any atom is -0.295 e. The average Bonchev–Trinajstić information content (AvgIpc) is 2.72. The number of benzene rings is 1. The van der Waals surface area contributed by atoms with Crippen molar-refractivity contribution in [2.24, 2.45) is 0 Å². The molecule has 19 heavy (non-hydrogen) atoms. The summed E-state index contributed by atoms with van der Waals surface area (Å²) in [4.78, 5) is 2.31. The van der Waals surface area contributed by atoms with Crippen molar-refractivity contribution in [1.82, 2.24) is 4.90 Å². The zero-order valence-electron chi connectivity index (χ0n) is 11.2. The van der Waals surface area contributed by atoms with Gasteiger partial charge in [0.15, 0.2) is 9.84 Å². The van der Waals surface area contributed by atoms with Crippen molar-refractivity contribution < 1.29 is 8.42 Å². The molecule has 0 amide bonds. The molecule has 5 heteroatoms. The highest BCUT2D eigenvalue weighted by atomic mass is 79.9. The van der Waals surface area contributed by atoms with Gasteiger partial charge in [-0.25, -0.2) is 8.42 Å². The van der Waals surface area contributed by atoms with E-state index in [-0.39, 0.29) is 6.04 Å². The van der Waals surface area contributed by atoms with Crippen LogP contribution in [0.3, 0.4) is 0 Å². The van der Waals surface area contributed by atoms with Gasteiger partial charge in [-0.15, -0.1) is 0 Å². The van der Waals surface area contributed by atoms with E-state index < -0.39 is 9.84 Å². The van der Waals surface area contributed by atoms with Crippen LogP contribution in [0.25, 0.3) is 0 Å². The van der Waals surface area contributed by atoms with E-state index in [0.29, 0.717) is 11.5 Å². The normalized spacial score (nSPS) is 21.9. The van der Waals surface area contributed by atoms with Gasteiger partial charge < -0.3 is 0 Å². The molecule has 1 saturated heterocycles. The molecule has 0 radical (unpaired) electrons. The number of rotatable bonds is 5. The maximum Gasteiger partial charge on any atom is 0.151 e. The first kappa shape index (κ1) is 15.0. The van der Waals surface area contributed by atoms with Crippen LogP contribution in [0.15, 0.2) is 28.7 Å². The van der Waals surface area contributed by atoms with Gasteiger partial charge in [-0.05, 0) is 31.0 Å². The summed E-state index contributed by atoms with van der Waals surface area (Å²) in [5.41, 5.74) is 1.22. The number of nitrogens with zero attached hydrogens (tertiary/aromatic N) is 1. The summed E-state index contributed by atoms with van der Waals surface area (Å²) in [6.45, 7) is 3.90. The van der Waals surface area contributed by atoms with Gasteiger partial charge in [0, 0.05) is 17.1 Å². The van der Waals surface area contributed by atoms with Crippen LogP contribution in [0.4, 0.5) is 0 Å². The Bertz CT molecular complexity index is 530. The van der Waals surface area contributed by atoms with Gasteiger partial charge in [0.2, 0.25) is 0 Å². The zero-order chi connectivity index (χ0) is 13.9. The first-order valence-corrected chi connectivity index (χ1v) is 9.31. The molecule has 2 rings (SSSR count). The van der Waals surface area contributed by atoms with Crippen LogP contribution in [0.1, 0.15) is 25.3 Å². The van der Waals surface area contributed by atoms with Crippen LogP contribution >= 0.6 is 15.9 Å². The van der Waals surface area contributed by atoms with E-state index in [2.05, 4.69) is 33.8 Å². The van der Waals surface area contributed by atoms with Crippen LogP contribution in [0.5, 0.6) is 0 Å². The SMILES string of the molecule is CCCN(Cc1ccccc1Br)C1CCS(=O)(=O)C1. The van der Waals surface area contributed by atoms with Crippen LogP contribution in [-0.2, 0) is 16.4 Å². The van der Waals surface area contributed by atoms with Crippen molar-refractivity contribution in [3.05, 3.63) is 34.3 Å². The van der Waals surface area contributed by atoms with E-state index >= 15 is 0 Å². The molecule has 0 aliphatic carbocycles. The smallest absolute Gasteiger partial charge is 0.151 e. The molecule has 1 unspecified atom stereocenters. The molecule has 0 N–H and O–H groups in total. The van der Waals surface area contributed by atoms with Gasteiger partial charge in [-0.2, -0.15) is 0 Å². The number of sulfone groups is 1. The van der Waals surface area contributed by atoms with E-state index in [1.54, 1.807) is 0 Å². The van der Waals surface area contributed by atoms with Crippen LogP contribution in [-0.4, -0.2) is 37.4 Å². The molecule has 3 nitrogen and oxygen atoms in total. The largest absolute Gasteiger partial charge is 0.295 e. The lowest BCUT2D eigenvalue weighted by Gasteiger charge is -2.28. The Morgan fingerprint density at radius 1 is 1.37 bits per heavy atom. The van der Waals surface area contributed by atoms with Gasteiger partial charge in [0.1, 0.15) is 0 Å². The molecule has 106 valence electrons. The fourth-order valence-electron chi connectivity index (χ4n) is 2.59. The quantitative estimate of drug-likeness (QED) is 0.823. The Morgan fingerprint density at radius 3 is 2.68 bits per heavy atom. The Labute approximate surface area is 124 Å². The summed E-state index contributed by atoms with van der Waals surface area (Å²) in [7, 11) is -2.81. The Morgan fingerprint density at radius 2 is 2.11 bits per heavy atom. The Hall–Kier alpha value is -0.390. The Kier molecular flexibility index (Phi) is 5.03. The Balaban J connectivity index is 2.11. The lowest BCUT2D eigenvalue weighted by atomic mass is 10.1. The number of hydrogen-bond acceptors (Lipinski definition) is 3. The summed E-state index contributed by atoms with van der Waals surface area (Å²) in [5, 5.41) is 0. The van der Waals surface area contributed by atoms with Crippen molar-refractivity contribution in [3.63, 3.8) is 0 Å². The minimum absolute atomic E-state index is 0.178. The number of halogens is 1. The summed E-state index contributed by atoms with van der Waals surface area (Å²) >= 11 is 3.56. The molecule has 1 fully saturated rings. The van der Waals surface area contributed by atoms with Gasteiger partial charge in [0.05, 0.1) is 11.5 Å². The maximum atomic E-state index is 11.6. The lowest BCUT2D eigenvalue weighted by molar-refractivity contribution is 0.203. The average molecular weight is 346 g/mol. The first-order valence-electron chi connectivity index (χ1n) is 6.69. The van der Waals surface area contributed by atoms with Gasteiger partial charge in [0.25, 0.3) is 0 Å². The van der Waals surface area contributed by atoms with Gasteiger partial charge >= 0.3 is 0 Å². The molecule has 1 aromatic rings. The second kappa shape index (κ2) is 6.37. The van der Waals surface area contributed by atoms with Gasteiger partial charge in [-0.3, -0.25) is 4.90 Å². The first-order chi connectivity index (χ1) is 9.02. The molecule has 0 aromatic heterocycles.